The van der Waals surface area contributed by atoms with Gasteiger partial charge in [0.25, 0.3) is 0 Å². The molecule has 13 aromatic rings. The van der Waals surface area contributed by atoms with Crippen LogP contribution in [0.2, 0.25) is 0 Å². The molecule has 75 heavy (non-hydrogen) atoms. The Bertz CT molecular complexity index is 4270. The highest BCUT2D eigenvalue weighted by molar-refractivity contribution is 6.14. The molecule has 11 aromatic carbocycles. The molecule has 0 spiro atoms. The largest absolute Gasteiger partial charge is 0.455 e. The van der Waals surface area contributed by atoms with E-state index in [1.807, 2.05) is 6.07 Å². The number of fused-ring (bicyclic) bond motifs is 6. The summed E-state index contributed by atoms with van der Waals surface area (Å²) in [5.41, 5.74) is 22.8. The van der Waals surface area contributed by atoms with E-state index in [1.54, 1.807) is 0 Å². The Hall–Kier alpha value is -9.70. The number of anilines is 3. The molecule has 2 heterocycles. The quantitative estimate of drug-likeness (QED) is 0.136. The van der Waals surface area contributed by atoms with Crippen LogP contribution < -0.4 is 4.90 Å². The molecule has 2 aromatic heterocycles. The van der Waals surface area contributed by atoms with Gasteiger partial charge in [-0.05, 0) is 118 Å². The predicted molar refractivity (Wildman–Crippen MR) is 317 cm³/mol. The topological polar surface area (TPSA) is 21.3 Å². The summed E-state index contributed by atoms with van der Waals surface area (Å²) in [6.45, 7) is 0. The van der Waals surface area contributed by atoms with Gasteiger partial charge in [-0.15, -0.1) is 0 Å². The van der Waals surface area contributed by atoms with Crippen molar-refractivity contribution in [3.05, 3.63) is 285 Å². The van der Waals surface area contributed by atoms with Crippen LogP contribution in [-0.2, 0) is 0 Å². The normalized spacial score (nSPS) is 12.6. The second-order valence-corrected chi connectivity index (χ2v) is 19.5. The SMILES string of the molecule is C1=C(c2ccc(-c3ccc(N(c4ccc(-c5ccccc5-c5cccc6c5oc5ccccc56)cc4)c4ccccc4-c4cccc(-c5ccccc5)c4)cc3)cc2)C(n2c3ccccc3c3ccccc32)=CCC1. The molecular weight excluding hydrogens is 909 g/mol. The van der Waals surface area contributed by atoms with Gasteiger partial charge in [-0.1, -0.05) is 224 Å². The minimum atomic E-state index is 0.899. The molecule has 3 nitrogen and oxygen atoms in total. The minimum absolute atomic E-state index is 0.899. The second kappa shape index (κ2) is 18.7. The fourth-order valence-electron chi connectivity index (χ4n) is 11.5. The summed E-state index contributed by atoms with van der Waals surface area (Å²) in [5, 5.41) is 4.82. The first-order valence-electron chi connectivity index (χ1n) is 26.0. The zero-order chi connectivity index (χ0) is 49.7. The van der Waals surface area contributed by atoms with Gasteiger partial charge in [-0.25, -0.2) is 0 Å². The average molecular weight is 959 g/mol. The first-order chi connectivity index (χ1) is 37.2. The van der Waals surface area contributed by atoms with Crippen LogP contribution in [0.5, 0.6) is 0 Å². The predicted octanol–water partition coefficient (Wildman–Crippen LogP) is 20.2. The molecule has 0 saturated heterocycles. The van der Waals surface area contributed by atoms with Gasteiger partial charge >= 0.3 is 0 Å². The monoisotopic (exact) mass is 958 g/mol. The van der Waals surface area contributed by atoms with Gasteiger partial charge in [0, 0.05) is 55.3 Å². The van der Waals surface area contributed by atoms with Crippen molar-refractivity contribution in [3.8, 4) is 55.6 Å². The highest BCUT2D eigenvalue weighted by Crippen LogP contribution is 2.45. The fraction of sp³-hybridized carbons (Fsp3) is 0.0278. The first kappa shape index (κ1) is 44.0. The maximum Gasteiger partial charge on any atom is 0.143 e. The number of furan rings is 1. The Labute approximate surface area is 436 Å². The van der Waals surface area contributed by atoms with Crippen LogP contribution in [0.15, 0.2) is 283 Å². The number of hydrogen-bond acceptors (Lipinski definition) is 2. The molecule has 1 aliphatic carbocycles. The number of benzene rings is 11. The second-order valence-electron chi connectivity index (χ2n) is 19.5. The van der Waals surface area contributed by atoms with Gasteiger partial charge in [-0.2, -0.15) is 0 Å². The molecule has 3 heteroatoms. The molecule has 0 atom stereocenters. The molecule has 0 bridgehead atoms. The summed E-state index contributed by atoms with van der Waals surface area (Å²) in [6.07, 6.45) is 6.88. The lowest BCUT2D eigenvalue weighted by Gasteiger charge is -2.28. The van der Waals surface area contributed by atoms with Gasteiger partial charge in [0.15, 0.2) is 0 Å². The van der Waals surface area contributed by atoms with Crippen LogP contribution in [0, 0.1) is 0 Å². The Morgan fingerprint density at radius 3 is 1.55 bits per heavy atom. The highest BCUT2D eigenvalue weighted by atomic mass is 16.3. The van der Waals surface area contributed by atoms with E-state index in [0.717, 1.165) is 90.8 Å². The Balaban J connectivity index is 0.829. The minimum Gasteiger partial charge on any atom is -0.455 e. The Morgan fingerprint density at radius 1 is 0.320 bits per heavy atom. The van der Waals surface area contributed by atoms with Gasteiger partial charge in [-0.3, -0.25) is 0 Å². The molecule has 0 unspecified atom stereocenters. The summed E-state index contributed by atoms with van der Waals surface area (Å²) in [7, 11) is 0. The molecular formula is C72H50N2O. The van der Waals surface area contributed by atoms with E-state index in [1.165, 1.54) is 55.3 Å². The van der Waals surface area contributed by atoms with Crippen LogP contribution in [0.4, 0.5) is 17.1 Å². The zero-order valence-electron chi connectivity index (χ0n) is 41.3. The number of nitrogens with zero attached hydrogens (tertiary/aromatic N) is 2. The third kappa shape index (κ3) is 7.85. The highest BCUT2D eigenvalue weighted by Gasteiger charge is 2.22. The number of allylic oxidation sites excluding steroid dienone is 4. The van der Waals surface area contributed by atoms with E-state index >= 15 is 0 Å². The van der Waals surface area contributed by atoms with Gasteiger partial charge in [0.2, 0.25) is 0 Å². The first-order valence-corrected chi connectivity index (χ1v) is 26.0. The summed E-state index contributed by atoms with van der Waals surface area (Å²) >= 11 is 0. The lowest BCUT2D eigenvalue weighted by Crippen LogP contribution is -2.11. The van der Waals surface area contributed by atoms with E-state index in [0.29, 0.717) is 0 Å². The van der Waals surface area contributed by atoms with Gasteiger partial charge < -0.3 is 13.9 Å². The molecule has 0 aliphatic heterocycles. The summed E-state index contributed by atoms with van der Waals surface area (Å²) < 4.78 is 9.01. The van der Waals surface area contributed by atoms with Crippen molar-refractivity contribution in [2.45, 2.75) is 12.8 Å². The molecule has 0 fully saturated rings. The van der Waals surface area contributed by atoms with Crippen LogP contribution in [-0.4, -0.2) is 4.57 Å². The van der Waals surface area contributed by atoms with E-state index in [-0.39, 0.29) is 0 Å². The van der Waals surface area contributed by atoms with Crippen LogP contribution in [0.25, 0.3) is 111 Å². The Morgan fingerprint density at radius 2 is 0.813 bits per heavy atom. The van der Waals surface area contributed by atoms with Crippen molar-refractivity contribution in [2.24, 2.45) is 0 Å². The van der Waals surface area contributed by atoms with E-state index < -0.39 is 0 Å². The lowest BCUT2D eigenvalue weighted by atomic mass is 9.93. The van der Waals surface area contributed by atoms with Crippen LogP contribution in [0.1, 0.15) is 18.4 Å². The lowest BCUT2D eigenvalue weighted by molar-refractivity contribution is 0.670. The fourth-order valence-corrected chi connectivity index (χ4v) is 11.5. The number of para-hydroxylation sites is 5. The Kier molecular flexibility index (Phi) is 11.0. The summed E-state index contributed by atoms with van der Waals surface area (Å²) in [5.74, 6) is 0. The van der Waals surface area contributed by atoms with E-state index in [4.69, 9.17) is 4.42 Å². The van der Waals surface area contributed by atoms with Crippen molar-refractivity contribution in [1.29, 1.82) is 0 Å². The molecule has 354 valence electrons. The molecule has 0 amide bonds. The number of rotatable bonds is 10. The smallest absolute Gasteiger partial charge is 0.143 e. The van der Waals surface area contributed by atoms with Gasteiger partial charge in [0.1, 0.15) is 11.2 Å². The third-order valence-electron chi connectivity index (χ3n) is 15.1. The van der Waals surface area contributed by atoms with Crippen molar-refractivity contribution in [3.63, 3.8) is 0 Å². The van der Waals surface area contributed by atoms with Crippen molar-refractivity contribution in [2.75, 3.05) is 4.90 Å². The van der Waals surface area contributed by atoms with Crippen LogP contribution in [0.3, 0.4) is 0 Å². The molecule has 0 saturated carbocycles. The average Bonchev–Trinajstić information content (AvgIpc) is 4.06. The third-order valence-corrected chi connectivity index (χ3v) is 15.1. The maximum atomic E-state index is 6.55. The van der Waals surface area contributed by atoms with Crippen LogP contribution >= 0.6 is 0 Å². The van der Waals surface area contributed by atoms with Crippen molar-refractivity contribution in [1.82, 2.24) is 4.57 Å². The maximum absolute atomic E-state index is 6.55. The molecule has 14 rings (SSSR count). The van der Waals surface area contributed by atoms with Gasteiger partial charge in [0.05, 0.1) is 16.7 Å². The standard InChI is InChI=1S/C72H50N2O/c1-2-18-49(19-3-1)54-20-16-21-55(48-54)60-24-7-11-31-67(60)73(57-46-42-52(43-47-57)58-22-4-5-25-61(58)65-29-17-30-66-64-28-10-15-35-71(64)75-72(65)66)56-44-40-51(41-45-56)50-36-38-53(39-37-50)59-23-6-12-32-68(59)74-69-33-13-8-26-62(69)63-27-9-14-34-70(63)74/h1-5,7-11,13-48H,6,12H2. The molecule has 0 radical (unpaired) electrons. The number of aromatic nitrogens is 1. The summed E-state index contributed by atoms with van der Waals surface area (Å²) in [4.78, 5) is 2.40. The molecule has 1 aliphatic rings. The zero-order valence-corrected chi connectivity index (χ0v) is 41.3. The van der Waals surface area contributed by atoms with E-state index in [9.17, 15) is 0 Å². The number of hydrogen-bond donors (Lipinski definition) is 0. The van der Waals surface area contributed by atoms with Crippen molar-refractivity contribution >= 4 is 72.1 Å². The van der Waals surface area contributed by atoms with E-state index in [2.05, 4.69) is 282 Å². The van der Waals surface area contributed by atoms with Crippen molar-refractivity contribution < 1.29 is 4.42 Å². The summed E-state index contributed by atoms with van der Waals surface area (Å²) in [6, 6.07) is 96.6. The molecule has 0 N–H and O–H groups in total.